The van der Waals surface area contributed by atoms with E-state index >= 15 is 0 Å². The molecule has 10 heteroatoms. The number of fused-ring (bicyclic) bond motifs is 1. The van der Waals surface area contributed by atoms with Crippen LogP contribution >= 0.6 is 23.1 Å². The van der Waals surface area contributed by atoms with E-state index in [1.165, 1.54) is 11.5 Å². The molecule has 0 fully saturated rings. The number of aliphatic imine (C=N–C) groups is 1. The smallest absolute Gasteiger partial charge is 0.256 e. The number of H-pyrrole nitrogens is 1. The molecular formula is C22H18ClN7OS. The number of benzene rings is 2. The van der Waals surface area contributed by atoms with Gasteiger partial charge in [-0.3, -0.25) is 9.89 Å². The summed E-state index contributed by atoms with van der Waals surface area (Å²) in [6, 6.07) is 10.8. The van der Waals surface area contributed by atoms with Crippen LogP contribution in [0.25, 0.3) is 22.3 Å². The van der Waals surface area contributed by atoms with Crippen molar-refractivity contribution in [3.8, 4) is 11.4 Å². The molecule has 3 N–H and O–H groups in total. The average Bonchev–Trinajstić information content (AvgIpc) is 3.48. The minimum Gasteiger partial charge on any atom is -0.329 e. The van der Waals surface area contributed by atoms with Crippen molar-refractivity contribution >= 4 is 57.5 Å². The average molecular weight is 464 g/mol. The zero-order chi connectivity index (χ0) is 22.5. The van der Waals surface area contributed by atoms with Crippen molar-refractivity contribution in [2.75, 3.05) is 5.32 Å². The zero-order valence-corrected chi connectivity index (χ0v) is 18.5. The Morgan fingerprint density at radius 2 is 2.19 bits per heavy atom. The molecule has 160 valence electrons. The Kier molecular flexibility index (Phi) is 6.39. The van der Waals surface area contributed by atoms with E-state index in [-0.39, 0.29) is 5.91 Å². The van der Waals surface area contributed by atoms with Crippen molar-refractivity contribution in [3.05, 3.63) is 77.2 Å². The molecule has 8 nitrogen and oxygen atoms in total. The molecule has 0 radical (unpaired) electrons. The Balaban J connectivity index is 1.53. The van der Waals surface area contributed by atoms with E-state index in [4.69, 9.17) is 11.6 Å². The molecule has 0 aliphatic carbocycles. The Morgan fingerprint density at radius 3 is 3.00 bits per heavy atom. The lowest BCUT2D eigenvalue weighted by atomic mass is 10.1. The van der Waals surface area contributed by atoms with Crippen LogP contribution in [-0.4, -0.2) is 32.2 Å². The molecule has 2 heterocycles. The highest BCUT2D eigenvalue weighted by Crippen LogP contribution is 2.33. The van der Waals surface area contributed by atoms with Gasteiger partial charge in [-0.1, -0.05) is 35.9 Å². The number of nitrogens with one attached hydrogen (secondary N) is 3. The number of aromatic amines is 1. The van der Waals surface area contributed by atoms with Crippen LogP contribution in [0.3, 0.4) is 0 Å². The first-order valence-electron chi connectivity index (χ1n) is 9.53. The summed E-state index contributed by atoms with van der Waals surface area (Å²) in [7, 11) is 0. The molecule has 32 heavy (non-hydrogen) atoms. The number of nitrogens with zero attached hydrogens (tertiary/aromatic N) is 4. The third-order valence-electron chi connectivity index (χ3n) is 4.47. The fourth-order valence-electron chi connectivity index (χ4n) is 2.90. The predicted molar refractivity (Wildman–Crippen MR) is 130 cm³/mol. The van der Waals surface area contributed by atoms with Crippen LogP contribution in [0, 0.1) is 0 Å². The van der Waals surface area contributed by atoms with E-state index < -0.39 is 0 Å². The van der Waals surface area contributed by atoms with Crippen LogP contribution < -0.4 is 10.6 Å². The number of aromatic nitrogens is 4. The highest BCUT2D eigenvalue weighted by Gasteiger charge is 2.13. The molecule has 0 atom stereocenters. The second-order valence-corrected chi connectivity index (χ2v) is 7.71. The van der Waals surface area contributed by atoms with Gasteiger partial charge in [0.2, 0.25) is 5.13 Å². The standard InChI is InChI=1S/C22H18ClN7OS/c1-3-4-8-18(24-2)27-21(31)14-7-5-6-13(11-14)20-28-22(32-30-20)26-17-10-9-16-15(19(17)23)12-25-29-16/h3-12H,2H2,1H3,(H,25,29)(H,27,31)(H,26,28,30)/b4-3-,18-8+. The number of hydrogen-bond donors (Lipinski definition) is 3. The lowest BCUT2D eigenvalue weighted by molar-refractivity contribution is 0.0965. The van der Waals surface area contributed by atoms with Crippen molar-refractivity contribution in [2.45, 2.75) is 6.92 Å². The van der Waals surface area contributed by atoms with Gasteiger partial charge in [0.15, 0.2) is 5.82 Å². The molecule has 0 spiro atoms. The third-order valence-corrected chi connectivity index (χ3v) is 5.51. The summed E-state index contributed by atoms with van der Waals surface area (Å²) in [5.74, 6) is 0.561. The van der Waals surface area contributed by atoms with Gasteiger partial charge in [-0.25, -0.2) is 4.99 Å². The molecule has 0 unspecified atom stereocenters. The second-order valence-electron chi connectivity index (χ2n) is 6.58. The summed E-state index contributed by atoms with van der Waals surface area (Å²) >= 11 is 7.66. The van der Waals surface area contributed by atoms with Gasteiger partial charge in [0.05, 0.1) is 22.4 Å². The van der Waals surface area contributed by atoms with Crippen molar-refractivity contribution in [2.24, 2.45) is 4.99 Å². The van der Waals surface area contributed by atoms with Crippen LogP contribution in [0.2, 0.25) is 5.02 Å². The highest BCUT2D eigenvalue weighted by molar-refractivity contribution is 7.10. The van der Waals surface area contributed by atoms with Gasteiger partial charge >= 0.3 is 0 Å². The van der Waals surface area contributed by atoms with Gasteiger partial charge in [-0.05, 0) is 44.0 Å². The van der Waals surface area contributed by atoms with Crippen LogP contribution in [0.5, 0.6) is 0 Å². The van der Waals surface area contributed by atoms with Crippen molar-refractivity contribution in [1.29, 1.82) is 0 Å². The number of hydrogen-bond acceptors (Lipinski definition) is 7. The van der Waals surface area contributed by atoms with Crippen LogP contribution in [0.1, 0.15) is 17.3 Å². The summed E-state index contributed by atoms with van der Waals surface area (Å²) in [5.41, 5.74) is 2.72. The lowest BCUT2D eigenvalue weighted by Crippen LogP contribution is -2.21. The van der Waals surface area contributed by atoms with E-state index in [1.807, 2.05) is 31.2 Å². The maximum Gasteiger partial charge on any atom is 0.256 e. The van der Waals surface area contributed by atoms with E-state index in [2.05, 4.69) is 41.9 Å². The van der Waals surface area contributed by atoms with E-state index in [0.29, 0.717) is 38.6 Å². The van der Waals surface area contributed by atoms with E-state index in [0.717, 1.165) is 10.9 Å². The second kappa shape index (κ2) is 9.54. The minimum absolute atomic E-state index is 0.302. The van der Waals surface area contributed by atoms with Gasteiger partial charge in [-0.15, -0.1) is 0 Å². The Hall–Kier alpha value is -3.82. The maximum atomic E-state index is 12.6. The summed E-state index contributed by atoms with van der Waals surface area (Å²) in [4.78, 5) is 20.9. The molecule has 0 aliphatic rings. The van der Waals surface area contributed by atoms with Crippen LogP contribution in [-0.2, 0) is 0 Å². The van der Waals surface area contributed by atoms with Gasteiger partial charge in [-0.2, -0.15) is 14.5 Å². The summed E-state index contributed by atoms with van der Waals surface area (Å²) < 4.78 is 4.41. The molecule has 4 aromatic rings. The summed E-state index contributed by atoms with van der Waals surface area (Å²) in [6.45, 7) is 5.35. The van der Waals surface area contributed by atoms with Gasteiger partial charge in [0.1, 0.15) is 5.82 Å². The zero-order valence-electron chi connectivity index (χ0n) is 17.0. The molecule has 0 saturated carbocycles. The van der Waals surface area contributed by atoms with Crippen molar-refractivity contribution in [3.63, 3.8) is 0 Å². The van der Waals surface area contributed by atoms with E-state index in [1.54, 1.807) is 36.5 Å². The molecule has 1 amide bonds. The number of halogens is 1. The molecule has 2 aromatic carbocycles. The molecule has 0 bridgehead atoms. The summed E-state index contributed by atoms with van der Waals surface area (Å²) in [5, 5.41) is 14.7. The lowest BCUT2D eigenvalue weighted by Gasteiger charge is -2.06. The first-order chi connectivity index (χ1) is 15.6. The number of allylic oxidation sites excluding steroid dienone is 3. The fraction of sp³-hybridized carbons (Fsp3) is 0.0455. The molecular weight excluding hydrogens is 446 g/mol. The van der Waals surface area contributed by atoms with Crippen LogP contribution in [0.15, 0.2) is 71.6 Å². The number of rotatable bonds is 7. The Bertz CT molecular complexity index is 1360. The monoisotopic (exact) mass is 463 g/mol. The fourth-order valence-corrected chi connectivity index (χ4v) is 3.76. The van der Waals surface area contributed by atoms with Crippen molar-refractivity contribution < 1.29 is 4.79 Å². The molecule has 2 aromatic heterocycles. The molecule has 0 saturated heterocycles. The predicted octanol–water partition coefficient (Wildman–Crippen LogP) is 5.33. The largest absolute Gasteiger partial charge is 0.329 e. The first kappa shape index (κ1) is 21.4. The normalized spacial score (nSPS) is 11.8. The number of carbonyl (C=O) groups is 1. The minimum atomic E-state index is -0.302. The SMILES string of the molecule is C=N/C(=C\C=C/C)NC(=O)c1cccc(-c2nsc(Nc3ccc4[nH]ncc4c3Cl)n2)c1. The van der Waals surface area contributed by atoms with E-state index in [9.17, 15) is 4.79 Å². The van der Waals surface area contributed by atoms with Crippen molar-refractivity contribution in [1.82, 2.24) is 24.9 Å². The van der Waals surface area contributed by atoms with Crippen LogP contribution in [0.4, 0.5) is 10.8 Å². The first-order valence-corrected chi connectivity index (χ1v) is 10.7. The third kappa shape index (κ3) is 4.58. The van der Waals surface area contributed by atoms with Gasteiger partial charge in [0, 0.05) is 28.0 Å². The quantitative estimate of drug-likeness (QED) is 0.253. The number of amides is 1. The number of anilines is 2. The Labute approximate surface area is 192 Å². The summed E-state index contributed by atoms with van der Waals surface area (Å²) in [6.07, 6.45) is 6.94. The molecule has 4 rings (SSSR count). The molecule has 0 aliphatic heterocycles. The topological polar surface area (TPSA) is 108 Å². The Morgan fingerprint density at radius 1 is 1.31 bits per heavy atom. The number of carbonyl (C=O) groups excluding carboxylic acids is 1. The highest BCUT2D eigenvalue weighted by atomic mass is 35.5. The van der Waals surface area contributed by atoms with Gasteiger partial charge in [0.25, 0.3) is 5.91 Å². The van der Waals surface area contributed by atoms with Gasteiger partial charge < -0.3 is 10.6 Å². The maximum absolute atomic E-state index is 12.6.